The predicted octanol–water partition coefficient (Wildman–Crippen LogP) is 3.02. The summed E-state index contributed by atoms with van der Waals surface area (Å²) in [5.74, 6) is -0.270. The van der Waals surface area contributed by atoms with Crippen molar-refractivity contribution in [3.05, 3.63) is 39.9 Å². The van der Waals surface area contributed by atoms with Crippen molar-refractivity contribution in [1.29, 1.82) is 0 Å². The minimum Gasteiger partial charge on any atom is -0.611 e. The molecule has 7 nitrogen and oxygen atoms in total. The second kappa shape index (κ2) is 7.75. The third-order valence-corrected chi connectivity index (χ3v) is 5.70. The smallest absolute Gasteiger partial charge is 0.435 e. The van der Waals surface area contributed by atoms with Crippen molar-refractivity contribution >= 4 is 22.2 Å². The van der Waals surface area contributed by atoms with Gasteiger partial charge in [0.1, 0.15) is 18.4 Å². The summed E-state index contributed by atoms with van der Waals surface area (Å²) in [4.78, 5) is 24.6. The number of alkyl halides is 6. The van der Waals surface area contributed by atoms with E-state index in [9.17, 15) is 35.7 Å². The standard InChI is InChI=1S/C17H14F6N4O3S/c1-4-31(29)10-5-8(16(18,19)20)7-24-12(10)14-25-9-6-11(17(21,22)23)27(30-3)15(28)13(9)26(14)2/h5-7H,4H2,1-3H3. The molecule has 0 fully saturated rings. The third kappa shape index (κ3) is 3.96. The van der Waals surface area contributed by atoms with Crippen LogP contribution in [-0.4, -0.2) is 36.7 Å². The highest BCUT2D eigenvalue weighted by Gasteiger charge is 2.38. The van der Waals surface area contributed by atoms with Crippen LogP contribution in [0.3, 0.4) is 0 Å². The largest absolute Gasteiger partial charge is 0.611 e. The Morgan fingerprint density at radius 2 is 1.81 bits per heavy atom. The molecule has 0 radical (unpaired) electrons. The van der Waals surface area contributed by atoms with E-state index in [0.29, 0.717) is 18.3 Å². The number of aryl methyl sites for hydroxylation is 1. The molecule has 0 spiro atoms. The molecule has 0 aliphatic heterocycles. The van der Waals surface area contributed by atoms with Gasteiger partial charge in [0.2, 0.25) is 0 Å². The molecule has 0 saturated heterocycles. The Hall–Kier alpha value is -2.74. The van der Waals surface area contributed by atoms with Gasteiger partial charge in [0.15, 0.2) is 22.1 Å². The molecule has 1 atom stereocenters. The molecule has 0 bridgehead atoms. The van der Waals surface area contributed by atoms with Gasteiger partial charge in [-0.1, -0.05) is 0 Å². The van der Waals surface area contributed by atoms with Crippen molar-refractivity contribution in [2.75, 3.05) is 12.9 Å². The number of imidazole rings is 1. The zero-order chi connectivity index (χ0) is 23.3. The maximum atomic E-state index is 13.3. The van der Waals surface area contributed by atoms with Crippen LogP contribution < -0.4 is 10.4 Å². The van der Waals surface area contributed by atoms with Crippen molar-refractivity contribution in [3.8, 4) is 11.5 Å². The van der Waals surface area contributed by atoms with Gasteiger partial charge in [-0.05, 0) is 24.2 Å². The van der Waals surface area contributed by atoms with E-state index in [1.54, 1.807) is 0 Å². The van der Waals surface area contributed by atoms with Crippen LogP contribution in [0.15, 0.2) is 28.0 Å². The first kappa shape index (κ1) is 22.9. The zero-order valence-corrected chi connectivity index (χ0v) is 16.9. The van der Waals surface area contributed by atoms with Crippen LogP contribution in [0.5, 0.6) is 0 Å². The molecule has 31 heavy (non-hydrogen) atoms. The fourth-order valence-electron chi connectivity index (χ4n) is 2.95. The molecule has 0 aromatic carbocycles. The van der Waals surface area contributed by atoms with Gasteiger partial charge >= 0.3 is 17.9 Å². The Kier molecular flexibility index (Phi) is 5.73. The summed E-state index contributed by atoms with van der Waals surface area (Å²) in [6.07, 6.45) is -9.19. The number of aromatic nitrogens is 4. The highest BCUT2D eigenvalue weighted by molar-refractivity contribution is 7.91. The summed E-state index contributed by atoms with van der Waals surface area (Å²) in [6, 6.07) is 1.22. The first-order valence-corrected chi connectivity index (χ1v) is 9.83. The summed E-state index contributed by atoms with van der Waals surface area (Å²) >= 11 is -1.91. The molecule has 1 unspecified atom stereocenters. The van der Waals surface area contributed by atoms with Gasteiger partial charge in [-0.25, -0.2) is 9.97 Å². The second-order valence-corrected chi connectivity index (χ2v) is 7.95. The number of nitrogens with zero attached hydrogens (tertiary/aromatic N) is 4. The van der Waals surface area contributed by atoms with E-state index >= 15 is 0 Å². The highest BCUT2D eigenvalue weighted by Crippen LogP contribution is 2.35. The quantitative estimate of drug-likeness (QED) is 0.434. The topological polar surface area (TPSA) is 85.0 Å². The van der Waals surface area contributed by atoms with E-state index in [0.717, 1.165) is 11.7 Å². The summed E-state index contributed by atoms with van der Waals surface area (Å²) < 4.78 is 92.7. The molecule has 3 heterocycles. The molecule has 168 valence electrons. The average molecular weight is 468 g/mol. The average Bonchev–Trinajstić information content (AvgIpc) is 3.02. The van der Waals surface area contributed by atoms with Crippen LogP contribution in [0.2, 0.25) is 0 Å². The Morgan fingerprint density at radius 3 is 2.32 bits per heavy atom. The molecule has 0 aliphatic carbocycles. The Balaban J connectivity index is 2.35. The fraction of sp³-hybridized carbons (Fsp3) is 0.353. The van der Waals surface area contributed by atoms with Crippen LogP contribution in [0.4, 0.5) is 26.3 Å². The number of fused-ring (bicyclic) bond motifs is 1. The zero-order valence-electron chi connectivity index (χ0n) is 16.1. The molecule has 3 aromatic rings. The summed E-state index contributed by atoms with van der Waals surface area (Å²) in [5, 5.41) is 0. The molecule has 0 N–H and O–H groups in total. The van der Waals surface area contributed by atoms with Crippen LogP contribution >= 0.6 is 0 Å². The fourth-order valence-corrected chi connectivity index (χ4v) is 3.88. The molecule has 0 amide bonds. The maximum absolute atomic E-state index is 13.3. The maximum Gasteiger partial charge on any atom is 0.435 e. The first-order valence-electron chi connectivity index (χ1n) is 8.51. The van der Waals surface area contributed by atoms with Gasteiger partial charge in [-0.15, -0.1) is 4.73 Å². The Labute approximate surface area is 173 Å². The Morgan fingerprint density at radius 1 is 1.16 bits per heavy atom. The van der Waals surface area contributed by atoms with Gasteiger partial charge in [-0.3, -0.25) is 4.79 Å². The van der Waals surface area contributed by atoms with Crippen LogP contribution in [-0.2, 0) is 30.6 Å². The lowest BCUT2D eigenvalue weighted by molar-refractivity contribution is -0.151. The molecule has 3 rings (SSSR count). The number of rotatable bonds is 4. The number of hydrogen-bond donors (Lipinski definition) is 0. The third-order valence-electron chi connectivity index (χ3n) is 4.37. The van der Waals surface area contributed by atoms with Crippen LogP contribution in [0.1, 0.15) is 18.2 Å². The highest BCUT2D eigenvalue weighted by atomic mass is 32.2. The lowest BCUT2D eigenvalue weighted by Gasteiger charge is -2.14. The van der Waals surface area contributed by atoms with Crippen LogP contribution in [0, 0.1) is 0 Å². The van der Waals surface area contributed by atoms with Crippen molar-refractivity contribution < 1.29 is 35.7 Å². The monoisotopic (exact) mass is 468 g/mol. The SMILES string of the molecule is CC[S+]([O-])c1cc(C(F)(F)F)cnc1-c1nc2cc(C(F)(F)F)n(OC)c(=O)c2n1C. The number of hydrogen-bond acceptors (Lipinski definition) is 5. The van der Waals surface area contributed by atoms with Crippen molar-refractivity contribution in [2.24, 2.45) is 7.05 Å². The summed E-state index contributed by atoms with van der Waals surface area (Å²) in [7, 11) is 2.15. The van der Waals surface area contributed by atoms with Crippen LogP contribution in [0.25, 0.3) is 22.6 Å². The van der Waals surface area contributed by atoms with E-state index in [4.69, 9.17) is 0 Å². The molecule has 0 aliphatic rings. The molecular formula is C17H14F6N4O3S. The summed E-state index contributed by atoms with van der Waals surface area (Å²) in [5.41, 5.74) is -4.68. The minimum absolute atomic E-state index is 0.0408. The van der Waals surface area contributed by atoms with Crippen molar-refractivity contribution in [1.82, 2.24) is 19.3 Å². The van der Waals surface area contributed by atoms with Gasteiger partial charge in [0.25, 0.3) is 0 Å². The van der Waals surface area contributed by atoms with E-state index < -0.39 is 40.3 Å². The molecule has 0 saturated carbocycles. The van der Waals surface area contributed by atoms with Crippen molar-refractivity contribution in [2.45, 2.75) is 24.2 Å². The van der Waals surface area contributed by atoms with Gasteiger partial charge in [0, 0.05) is 19.3 Å². The van der Waals surface area contributed by atoms with E-state index in [1.165, 1.54) is 14.0 Å². The van der Waals surface area contributed by atoms with Gasteiger partial charge in [-0.2, -0.15) is 26.3 Å². The first-order chi connectivity index (χ1) is 14.3. The number of halogens is 6. The molecular weight excluding hydrogens is 454 g/mol. The van der Waals surface area contributed by atoms with Gasteiger partial charge < -0.3 is 14.0 Å². The van der Waals surface area contributed by atoms with E-state index in [1.807, 2.05) is 0 Å². The lowest BCUT2D eigenvalue weighted by atomic mass is 10.2. The van der Waals surface area contributed by atoms with E-state index in [2.05, 4.69) is 14.8 Å². The lowest BCUT2D eigenvalue weighted by Crippen LogP contribution is -2.32. The molecule has 3 aromatic heterocycles. The molecule has 14 heteroatoms. The Bertz CT molecular complexity index is 1200. The normalized spacial score (nSPS) is 13.6. The predicted molar refractivity (Wildman–Crippen MR) is 97.7 cm³/mol. The minimum atomic E-state index is -4.94. The number of pyridine rings is 2. The van der Waals surface area contributed by atoms with Crippen molar-refractivity contribution in [3.63, 3.8) is 0 Å². The van der Waals surface area contributed by atoms with Gasteiger partial charge in [0.05, 0.1) is 11.1 Å². The second-order valence-electron chi connectivity index (χ2n) is 6.24. The summed E-state index contributed by atoms with van der Waals surface area (Å²) in [6.45, 7) is 1.47. The van der Waals surface area contributed by atoms with E-state index in [-0.39, 0.29) is 37.9 Å².